The van der Waals surface area contributed by atoms with Gasteiger partial charge in [0.1, 0.15) is 0 Å². The lowest BCUT2D eigenvalue weighted by molar-refractivity contribution is -0.137. The summed E-state index contributed by atoms with van der Waals surface area (Å²) in [6.45, 7) is 5.90. The summed E-state index contributed by atoms with van der Waals surface area (Å²) in [4.78, 5) is 2.85. The molecule has 0 amide bonds. The SMILES string of the molecule is CC(C)N(CCCO)CCSc1cccc(C(F)(F)F)c1. The highest BCUT2D eigenvalue weighted by Crippen LogP contribution is 2.31. The first-order chi connectivity index (χ1) is 9.84. The molecule has 1 aromatic rings. The van der Waals surface area contributed by atoms with Crippen LogP contribution in [0.2, 0.25) is 0 Å². The summed E-state index contributed by atoms with van der Waals surface area (Å²) >= 11 is 1.43. The third-order valence-electron chi connectivity index (χ3n) is 3.14. The van der Waals surface area contributed by atoms with Crippen molar-refractivity contribution in [3.8, 4) is 0 Å². The molecule has 0 radical (unpaired) electrons. The van der Waals surface area contributed by atoms with Crippen LogP contribution in [0.4, 0.5) is 13.2 Å². The van der Waals surface area contributed by atoms with Crippen molar-refractivity contribution in [2.45, 2.75) is 37.4 Å². The van der Waals surface area contributed by atoms with E-state index in [2.05, 4.69) is 18.7 Å². The van der Waals surface area contributed by atoms with Crippen molar-refractivity contribution in [3.63, 3.8) is 0 Å². The topological polar surface area (TPSA) is 23.5 Å². The Hall–Kier alpha value is -0.720. The van der Waals surface area contributed by atoms with Gasteiger partial charge >= 0.3 is 6.18 Å². The Labute approximate surface area is 128 Å². The van der Waals surface area contributed by atoms with Crippen molar-refractivity contribution in [1.82, 2.24) is 4.90 Å². The van der Waals surface area contributed by atoms with Gasteiger partial charge in [0.05, 0.1) is 5.56 Å². The number of halogens is 3. The van der Waals surface area contributed by atoms with E-state index in [0.29, 0.717) is 17.4 Å². The molecule has 120 valence electrons. The molecule has 6 heteroatoms. The van der Waals surface area contributed by atoms with Crippen molar-refractivity contribution in [2.75, 3.05) is 25.4 Å². The second-order valence-corrected chi connectivity index (χ2v) is 6.25. The molecular formula is C15H22F3NOS. The van der Waals surface area contributed by atoms with Crippen LogP contribution < -0.4 is 0 Å². The highest BCUT2D eigenvalue weighted by Gasteiger charge is 2.30. The highest BCUT2D eigenvalue weighted by atomic mass is 32.2. The van der Waals surface area contributed by atoms with Crippen molar-refractivity contribution in [2.24, 2.45) is 0 Å². The standard InChI is InChI=1S/C15H22F3NOS/c1-12(2)19(7-4-9-20)8-10-21-14-6-3-5-13(11-14)15(16,17)18/h3,5-6,11-12,20H,4,7-10H2,1-2H3. The van der Waals surface area contributed by atoms with E-state index in [4.69, 9.17) is 5.11 Å². The van der Waals surface area contributed by atoms with Gasteiger partial charge in [-0.05, 0) is 38.5 Å². The molecule has 0 saturated heterocycles. The smallest absolute Gasteiger partial charge is 0.396 e. The maximum absolute atomic E-state index is 12.6. The maximum Gasteiger partial charge on any atom is 0.416 e. The van der Waals surface area contributed by atoms with Crippen LogP contribution in [0.25, 0.3) is 0 Å². The average Bonchev–Trinajstić information content (AvgIpc) is 2.41. The summed E-state index contributed by atoms with van der Waals surface area (Å²) in [6.07, 6.45) is -3.58. The molecule has 0 saturated carbocycles. The summed E-state index contributed by atoms with van der Waals surface area (Å²) in [6, 6.07) is 5.78. The Kier molecular flexibility index (Phi) is 7.56. The average molecular weight is 321 g/mol. The Morgan fingerprint density at radius 2 is 1.95 bits per heavy atom. The van der Waals surface area contributed by atoms with Crippen molar-refractivity contribution < 1.29 is 18.3 Å². The van der Waals surface area contributed by atoms with Gasteiger partial charge in [-0.1, -0.05) is 6.07 Å². The fourth-order valence-corrected chi connectivity index (χ4v) is 2.89. The molecule has 0 unspecified atom stereocenters. The second kappa shape index (κ2) is 8.66. The van der Waals surface area contributed by atoms with Crippen LogP contribution >= 0.6 is 11.8 Å². The van der Waals surface area contributed by atoms with E-state index in [0.717, 1.165) is 24.9 Å². The molecule has 0 fully saturated rings. The molecule has 21 heavy (non-hydrogen) atoms. The fourth-order valence-electron chi connectivity index (χ4n) is 1.94. The molecular weight excluding hydrogens is 299 g/mol. The maximum atomic E-state index is 12.6. The minimum Gasteiger partial charge on any atom is -0.396 e. The Bertz CT molecular complexity index is 424. The first-order valence-corrected chi connectivity index (χ1v) is 7.98. The number of nitrogens with zero attached hydrogens (tertiary/aromatic N) is 1. The lowest BCUT2D eigenvalue weighted by atomic mass is 10.2. The number of aliphatic hydroxyl groups is 1. The van der Waals surface area contributed by atoms with Gasteiger partial charge in [-0.15, -0.1) is 11.8 Å². The van der Waals surface area contributed by atoms with Crippen LogP contribution in [0.15, 0.2) is 29.2 Å². The number of benzene rings is 1. The molecule has 1 rings (SSSR count). The zero-order valence-corrected chi connectivity index (χ0v) is 13.2. The molecule has 2 nitrogen and oxygen atoms in total. The molecule has 0 heterocycles. The molecule has 0 aliphatic carbocycles. The zero-order chi connectivity index (χ0) is 15.9. The summed E-state index contributed by atoms with van der Waals surface area (Å²) in [5.74, 6) is 0.727. The number of aliphatic hydroxyl groups excluding tert-OH is 1. The van der Waals surface area contributed by atoms with Crippen LogP contribution in [-0.4, -0.2) is 41.5 Å². The minimum atomic E-state index is -4.29. The van der Waals surface area contributed by atoms with Crippen molar-refractivity contribution in [1.29, 1.82) is 0 Å². The number of hydrogen-bond donors (Lipinski definition) is 1. The van der Waals surface area contributed by atoms with E-state index in [1.807, 2.05) is 0 Å². The van der Waals surface area contributed by atoms with Crippen LogP contribution in [0, 0.1) is 0 Å². The van der Waals surface area contributed by atoms with E-state index in [1.165, 1.54) is 23.9 Å². The van der Waals surface area contributed by atoms with Gasteiger partial charge in [0, 0.05) is 36.4 Å². The van der Waals surface area contributed by atoms with E-state index in [9.17, 15) is 13.2 Å². The lowest BCUT2D eigenvalue weighted by Crippen LogP contribution is -2.34. The predicted molar refractivity (Wildman–Crippen MR) is 80.6 cm³/mol. The van der Waals surface area contributed by atoms with Crippen molar-refractivity contribution >= 4 is 11.8 Å². The number of hydrogen-bond acceptors (Lipinski definition) is 3. The zero-order valence-electron chi connectivity index (χ0n) is 12.4. The summed E-state index contributed by atoms with van der Waals surface area (Å²) < 4.78 is 37.9. The normalized spacial score (nSPS) is 12.4. The Balaban J connectivity index is 2.51. The fraction of sp³-hybridized carbons (Fsp3) is 0.600. The van der Waals surface area contributed by atoms with Gasteiger partial charge in [-0.25, -0.2) is 0 Å². The Morgan fingerprint density at radius 3 is 2.52 bits per heavy atom. The second-order valence-electron chi connectivity index (χ2n) is 5.08. The van der Waals surface area contributed by atoms with Gasteiger partial charge in [-0.3, -0.25) is 0 Å². The first-order valence-electron chi connectivity index (χ1n) is 6.99. The monoisotopic (exact) mass is 321 g/mol. The molecule has 0 spiro atoms. The van der Waals surface area contributed by atoms with Gasteiger partial charge in [0.2, 0.25) is 0 Å². The molecule has 0 aliphatic rings. The van der Waals surface area contributed by atoms with Crippen LogP contribution in [0.1, 0.15) is 25.8 Å². The summed E-state index contributed by atoms with van der Waals surface area (Å²) in [7, 11) is 0. The van der Waals surface area contributed by atoms with E-state index in [-0.39, 0.29) is 6.61 Å². The van der Waals surface area contributed by atoms with E-state index < -0.39 is 11.7 Å². The first kappa shape index (κ1) is 18.3. The number of rotatable bonds is 8. The van der Waals surface area contributed by atoms with E-state index in [1.54, 1.807) is 6.07 Å². The number of thioether (sulfide) groups is 1. The van der Waals surface area contributed by atoms with Crippen LogP contribution in [0.5, 0.6) is 0 Å². The molecule has 0 bridgehead atoms. The largest absolute Gasteiger partial charge is 0.416 e. The third-order valence-corrected chi connectivity index (χ3v) is 4.12. The molecule has 0 aliphatic heterocycles. The van der Waals surface area contributed by atoms with Gasteiger partial charge in [0.25, 0.3) is 0 Å². The van der Waals surface area contributed by atoms with Crippen LogP contribution in [0.3, 0.4) is 0 Å². The summed E-state index contributed by atoms with van der Waals surface area (Å²) in [5.41, 5.74) is -0.603. The number of alkyl halides is 3. The molecule has 1 N–H and O–H groups in total. The van der Waals surface area contributed by atoms with Crippen molar-refractivity contribution in [3.05, 3.63) is 29.8 Å². The predicted octanol–water partition coefficient (Wildman–Crippen LogP) is 3.89. The highest BCUT2D eigenvalue weighted by molar-refractivity contribution is 7.99. The summed E-state index contributed by atoms with van der Waals surface area (Å²) in [5, 5.41) is 8.87. The molecule has 0 atom stereocenters. The molecule has 0 aromatic heterocycles. The van der Waals surface area contributed by atoms with Gasteiger partial charge in [0.15, 0.2) is 0 Å². The minimum absolute atomic E-state index is 0.157. The van der Waals surface area contributed by atoms with Crippen LogP contribution in [-0.2, 0) is 6.18 Å². The van der Waals surface area contributed by atoms with Gasteiger partial charge in [-0.2, -0.15) is 13.2 Å². The quantitative estimate of drug-likeness (QED) is 0.735. The third kappa shape index (κ3) is 6.72. The Morgan fingerprint density at radius 1 is 1.24 bits per heavy atom. The van der Waals surface area contributed by atoms with Gasteiger partial charge < -0.3 is 10.0 Å². The van der Waals surface area contributed by atoms with E-state index >= 15 is 0 Å². The lowest BCUT2D eigenvalue weighted by Gasteiger charge is -2.25. The molecule has 1 aromatic carbocycles.